The Labute approximate surface area is 207 Å². The Hall–Kier alpha value is -2.54. The van der Waals surface area contributed by atoms with Crippen molar-refractivity contribution in [1.82, 2.24) is 14.5 Å². The zero-order chi connectivity index (χ0) is 24.1. The molecule has 0 unspecified atom stereocenters. The van der Waals surface area contributed by atoms with Crippen LogP contribution in [0, 0.1) is 20.8 Å². The third-order valence-electron chi connectivity index (χ3n) is 6.56. The molecule has 34 heavy (non-hydrogen) atoms. The lowest BCUT2D eigenvalue weighted by Gasteiger charge is -2.38. The monoisotopic (exact) mass is 483 g/mol. The predicted octanol–water partition coefficient (Wildman–Crippen LogP) is 4.95. The van der Waals surface area contributed by atoms with Crippen LogP contribution < -0.4 is 9.47 Å². The lowest BCUT2D eigenvalue weighted by molar-refractivity contribution is -0.0537. The number of aliphatic hydroxyl groups is 1. The number of piperidine rings is 1. The van der Waals surface area contributed by atoms with Gasteiger partial charge in [0.25, 0.3) is 0 Å². The maximum atomic E-state index is 11.0. The van der Waals surface area contributed by atoms with Crippen LogP contribution in [0.15, 0.2) is 48.8 Å². The smallest absolute Gasteiger partial charge is 0.120 e. The van der Waals surface area contributed by atoms with Crippen LogP contribution in [0.5, 0.6) is 11.5 Å². The van der Waals surface area contributed by atoms with Gasteiger partial charge in [0.15, 0.2) is 0 Å². The van der Waals surface area contributed by atoms with Gasteiger partial charge in [0, 0.05) is 37.1 Å². The molecule has 1 N–H and O–H groups in total. The largest absolute Gasteiger partial charge is 0.492 e. The first-order chi connectivity index (χ1) is 16.3. The molecule has 1 aromatic heterocycles. The standard InChI is InChI=1S/C27H34ClN3O3/c1-20-16-25(17-21(2)26(20)28)34-19-27(32)8-11-30(12-9-27)18-23-4-6-24(7-5-23)33-15-14-31-13-10-29-22(31)3/h4-7,10,13,16-17,32H,8-9,11-12,14-15,18-19H2,1-3H3. The molecule has 0 atom stereocenters. The van der Waals surface area contributed by atoms with Crippen LogP contribution >= 0.6 is 11.6 Å². The molecule has 0 spiro atoms. The number of halogens is 1. The summed E-state index contributed by atoms with van der Waals surface area (Å²) in [5.41, 5.74) is 2.42. The number of aromatic nitrogens is 2. The molecule has 0 bridgehead atoms. The predicted molar refractivity (Wildman–Crippen MR) is 135 cm³/mol. The van der Waals surface area contributed by atoms with Crippen LogP contribution in [0.2, 0.25) is 5.02 Å². The molecule has 182 valence electrons. The van der Waals surface area contributed by atoms with Gasteiger partial charge in [-0.15, -0.1) is 0 Å². The van der Waals surface area contributed by atoms with E-state index in [0.717, 1.165) is 59.7 Å². The van der Waals surface area contributed by atoms with Crippen molar-refractivity contribution in [2.75, 3.05) is 26.3 Å². The summed E-state index contributed by atoms with van der Waals surface area (Å²) in [5, 5.41) is 11.8. The molecular formula is C27H34ClN3O3. The third-order valence-corrected chi connectivity index (χ3v) is 7.15. The summed E-state index contributed by atoms with van der Waals surface area (Å²) < 4.78 is 13.9. The number of aryl methyl sites for hydroxylation is 3. The molecule has 7 heteroatoms. The second kappa shape index (κ2) is 10.8. The van der Waals surface area contributed by atoms with E-state index in [-0.39, 0.29) is 0 Å². The molecule has 1 saturated heterocycles. The molecule has 0 aliphatic carbocycles. The molecule has 0 amide bonds. The zero-order valence-electron chi connectivity index (χ0n) is 20.3. The van der Waals surface area contributed by atoms with Crippen LogP contribution in [-0.4, -0.2) is 51.5 Å². The molecule has 1 aliphatic heterocycles. The van der Waals surface area contributed by atoms with Crippen LogP contribution in [0.1, 0.15) is 35.4 Å². The zero-order valence-corrected chi connectivity index (χ0v) is 21.0. The van der Waals surface area contributed by atoms with Gasteiger partial charge in [-0.1, -0.05) is 23.7 Å². The fourth-order valence-electron chi connectivity index (χ4n) is 4.33. The Balaban J connectivity index is 1.21. The molecule has 1 aliphatic rings. The number of imidazole rings is 1. The lowest BCUT2D eigenvalue weighted by atomic mass is 9.92. The SMILES string of the molecule is Cc1cc(OCC2(O)CCN(Cc3ccc(OCCn4ccnc4C)cc3)CC2)cc(C)c1Cl. The quantitative estimate of drug-likeness (QED) is 0.466. The molecule has 1 fully saturated rings. The number of likely N-dealkylation sites (tertiary alicyclic amines) is 1. The first kappa shape index (κ1) is 24.6. The van der Waals surface area contributed by atoms with E-state index in [0.29, 0.717) is 26.1 Å². The van der Waals surface area contributed by atoms with Gasteiger partial charge in [0.2, 0.25) is 0 Å². The molecular weight excluding hydrogens is 450 g/mol. The summed E-state index contributed by atoms with van der Waals surface area (Å²) in [5.74, 6) is 2.63. The van der Waals surface area contributed by atoms with Crippen LogP contribution in [0.4, 0.5) is 0 Å². The van der Waals surface area contributed by atoms with E-state index in [2.05, 4.69) is 26.6 Å². The maximum absolute atomic E-state index is 11.0. The van der Waals surface area contributed by atoms with Crippen molar-refractivity contribution < 1.29 is 14.6 Å². The van der Waals surface area contributed by atoms with E-state index in [4.69, 9.17) is 21.1 Å². The van der Waals surface area contributed by atoms with E-state index >= 15 is 0 Å². The molecule has 2 aromatic carbocycles. The number of hydrogen-bond acceptors (Lipinski definition) is 5. The molecule has 2 heterocycles. The number of benzene rings is 2. The summed E-state index contributed by atoms with van der Waals surface area (Å²) in [6.07, 6.45) is 5.15. The van der Waals surface area contributed by atoms with Gasteiger partial charge in [-0.3, -0.25) is 4.90 Å². The summed E-state index contributed by atoms with van der Waals surface area (Å²) in [6.45, 7) is 10.1. The van der Waals surface area contributed by atoms with Crippen LogP contribution in [-0.2, 0) is 13.1 Å². The fraction of sp³-hybridized carbons (Fsp3) is 0.444. The van der Waals surface area contributed by atoms with Crippen molar-refractivity contribution in [3.63, 3.8) is 0 Å². The number of ether oxygens (including phenoxy) is 2. The highest BCUT2D eigenvalue weighted by molar-refractivity contribution is 6.32. The minimum atomic E-state index is -0.802. The Kier molecular flexibility index (Phi) is 7.81. The first-order valence-electron chi connectivity index (χ1n) is 11.9. The first-order valence-corrected chi connectivity index (χ1v) is 12.2. The number of hydrogen-bond donors (Lipinski definition) is 1. The minimum absolute atomic E-state index is 0.298. The van der Waals surface area contributed by atoms with E-state index in [1.54, 1.807) is 6.20 Å². The van der Waals surface area contributed by atoms with Crippen molar-refractivity contribution >= 4 is 11.6 Å². The van der Waals surface area contributed by atoms with Gasteiger partial charge in [-0.25, -0.2) is 4.98 Å². The molecule has 6 nitrogen and oxygen atoms in total. The van der Waals surface area contributed by atoms with Crippen molar-refractivity contribution in [3.05, 3.63) is 76.3 Å². The highest BCUT2D eigenvalue weighted by Crippen LogP contribution is 2.29. The summed E-state index contributed by atoms with van der Waals surface area (Å²) in [6, 6.07) is 12.2. The molecule has 0 radical (unpaired) electrons. The fourth-order valence-corrected chi connectivity index (χ4v) is 4.44. The van der Waals surface area contributed by atoms with Crippen molar-refractivity contribution in [2.24, 2.45) is 0 Å². The van der Waals surface area contributed by atoms with Gasteiger partial charge in [-0.05, 0) is 74.6 Å². The van der Waals surface area contributed by atoms with E-state index in [9.17, 15) is 5.11 Å². The van der Waals surface area contributed by atoms with Crippen LogP contribution in [0.25, 0.3) is 0 Å². The van der Waals surface area contributed by atoms with E-state index in [1.807, 2.05) is 51.2 Å². The molecule has 4 rings (SSSR count). The topological polar surface area (TPSA) is 59.8 Å². The van der Waals surface area contributed by atoms with Gasteiger partial charge >= 0.3 is 0 Å². The van der Waals surface area contributed by atoms with E-state index < -0.39 is 5.60 Å². The van der Waals surface area contributed by atoms with E-state index in [1.165, 1.54) is 5.56 Å². The van der Waals surface area contributed by atoms with Gasteiger partial charge in [-0.2, -0.15) is 0 Å². The highest BCUT2D eigenvalue weighted by Gasteiger charge is 2.33. The number of rotatable bonds is 9. The Morgan fingerprint density at radius 1 is 1.00 bits per heavy atom. The summed E-state index contributed by atoms with van der Waals surface area (Å²) in [4.78, 5) is 6.60. The second-order valence-electron chi connectivity index (χ2n) is 9.32. The molecule has 3 aromatic rings. The summed E-state index contributed by atoms with van der Waals surface area (Å²) in [7, 11) is 0. The van der Waals surface area contributed by atoms with Crippen LogP contribution in [0.3, 0.4) is 0 Å². The lowest BCUT2D eigenvalue weighted by Crippen LogP contribution is -2.47. The second-order valence-corrected chi connectivity index (χ2v) is 9.70. The Bertz CT molecular complexity index is 1070. The Morgan fingerprint density at radius 3 is 2.29 bits per heavy atom. The van der Waals surface area contributed by atoms with Gasteiger partial charge < -0.3 is 19.1 Å². The maximum Gasteiger partial charge on any atom is 0.120 e. The average Bonchev–Trinajstić information content (AvgIpc) is 3.23. The third kappa shape index (κ3) is 6.32. The number of nitrogens with zero attached hydrogens (tertiary/aromatic N) is 3. The normalized spacial score (nSPS) is 15.9. The van der Waals surface area contributed by atoms with Gasteiger partial charge in [0.05, 0.1) is 6.54 Å². The highest BCUT2D eigenvalue weighted by atomic mass is 35.5. The van der Waals surface area contributed by atoms with Crippen molar-refractivity contribution in [1.29, 1.82) is 0 Å². The molecule has 0 saturated carbocycles. The van der Waals surface area contributed by atoms with Crippen molar-refractivity contribution in [2.45, 2.75) is 52.3 Å². The average molecular weight is 484 g/mol. The van der Waals surface area contributed by atoms with Gasteiger partial charge in [0.1, 0.15) is 36.1 Å². The summed E-state index contributed by atoms with van der Waals surface area (Å²) >= 11 is 6.24. The van der Waals surface area contributed by atoms with Crippen molar-refractivity contribution in [3.8, 4) is 11.5 Å². The Morgan fingerprint density at radius 2 is 1.68 bits per heavy atom. The minimum Gasteiger partial charge on any atom is -0.492 e.